The molecule has 0 bridgehead atoms. The van der Waals surface area contributed by atoms with Gasteiger partial charge in [-0.15, -0.1) is 0 Å². The maximum absolute atomic E-state index is 12.8. The molecule has 1 fully saturated rings. The fraction of sp³-hybridized carbons (Fsp3) is 0.475. The Bertz CT molecular complexity index is 1360. The van der Waals surface area contributed by atoms with E-state index in [1.165, 1.54) is 53.6 Å². The van der Waals surface area contributed by atoms with Crippen molar-refractivity contribution in [2.75, 3.05) is 45.2 Å². The van der Waals surface area contributed by atoms with E-state index in [-0.39, 0.29) is 5.91 Å². The average Bonchev–Trinajstić information content (AvgIpc) is 3.53. The highest BCUT2D eigenvalue weighted by atomic mass is 16.2. The molecule has 3 heterocycles. The molecule has 1 saturated heterocycles. The molecule has 0 saturated carbocycles. The van der Waals surface area contributed by atoms with Gasteiger partial charge in [0, 0.05) is 35.8 Å². The summed E-state index contributed by atoms with van der Waals surface area (Å²) in [4.78, 5) is 20.2. The number of para-hydroxylation sites is 1. The van der Waals surface area contributed by atoms with Crippen molar-refractivity contribution in [3.8, 4) is 0 Å². The van der Waals surface area contributed by atoms with Crippen molar-refractivity contribution in [2.24, 2.45) is 0 Å². The number of amides is 1. The number of fused-ring (bicyclic) bond motifs is 2. The molecule has 246 valence electrons. The van der Waals surface area contributed by atoms with E-state index in [2.05, 4.69) is 104 Å². The Morgan fingerprint density at radius 3 is 2.22 bits per heavy atom. The number of rotatable bonds is 5. The molecule has 5 heteroatoms. The van der Waals surface area contributed by atoms with Crippen molar-refractivity contribution in [3.05, 3.63) is 101 Å². The second-order valence-corrected chi connectivity index (χ2v) is 11.5. The first-order valence-electron chi connectivity index (χ1n) is 17.3. The molecule has 5 nitrogen and oxygen atoms in total. The molecule has 45 heavy (non-hydrogen) atoms. The van der Waals surface area contributed by atoms with Crippen molar-refractivity contribution < 1.29 is 4.79 Å². The quantitative estimate of drug-likeness (QED) is 0.236. The van der Waals surface area contributed by atoms with E-state index in [4.69, 9.17) is 0 Å². The fourth-order valence-electron chi connectivity index (χ4n) is 5.58. The number of aromatic nitrogens is 1. The minimum Gasteiger partial charge on any atom is -0.361 e. The Morgan fingerprint density at radius 1 is 0.911 bits per heavy atom. The lowest BCUT2D eigenvalue weighted by atomic mass is 9.90. The third-order valence-electron chi connectivity index (χ3n) is 8.18. The number of carbonyl (C=O) groups is 1. The minimum absolute atomic E-state index is 0.227. The van der Waals surface area contributed by atoms with Crippen LogP contribution in [0.2, 0.25) is 0 Å². The second-order valence-electron chi connectivity index (χ2n) is 11.5. The van der Waals surface area contributed by atoms with Gasteiger partial charge in [0.15, 0.2) is 0 Å². The highest BCUT2D eigenvalue weighted by molar-refractivity contribution is 5.95. The van der Waals surface area contributed by atoms with Gasteiger partial charge in [-0.25, -0.2) is 0 Å². The molecule has 3 aromatic carbocycles. The van der Waals surface area contributed by atoms with Crippen molar-refractivity contribution >= 4 is 22.5 Å². The number of hydrogen-bond acceptors (Lipinski definition) is 3. The number of H-pyrrole nitrogens is 1. The van der Waals surface area contributed by atoms with Crippen molar-refractivity contribution in [2.45, 2.75) is 86.0 Å². The number of piperidine rings is 1. The summed E-state index contributed by atoms with van der Waals surface area (Å²) in [5.41, 5.74) is 7.55. The van der Waals surface area contributed by atoms with Crippen molar-refractivity contribution in [3.63, 3.8) is 0 Å². The molecule has 2 N–H and O–H groups in total. The van der Waals surface area contributed by atoms with Gasteiger partial charge in [0.05, 0.1) is 0 Å². The molecule has 0 spiro atoms. The smallest absolute Gasteiger partial charge is 0.227 e. The first kappa shape index (κ1) is 37.8. The standard InChI is InChI=1S/C21H22N2O.C11H15N.C4H11N.2C2H6/c1-15-8-10-20-16(13-15)5-4-12-23(20)21(24)11-9-17-14-22-19-7-3-2-6-18(17)19;1-2-4-10(5-3-1)11-6-8-12-9-7-11;1-4-5(2)3;2*1-2/h2-3,6-8,10,13-14,22H,4-5,9,11-12H2,1H3;1-5,11-12H,6-9H2;4H2,1-3H3;2*1-2H3. The van der Waals surface area contributed by atoms with Gasteiger partial charge < -0.3 is 20.1 Å². The van der Waals surface area contributed by atoms with Gasteiger partial charge in [-0.2, -0.15) is 0 Å². The Balaban J connectivity index is 0.000000280. The van der Waals surface area contributed by atoms with E-state index in [9.17, 15) is 4.79 Å². The summed E-state index contributed by atoms with van der Waals surface area (Å²) in [6.07, 6.45) is 8.08. The first-order valence-corrected chi connectivity index (χ1v) is 17.3. The van der Waals surface area contributed by atoms with E-state index >= 15 is 0 Å². The number of nitrogens with zero attached hydrogens (tertiary/aromatic N) is 2. The van der Waals surface area contributed by atoms with E-state index in [1.807, 2.05) is 50.9 Å². The zero-order valence-electron chi connectivity index (χ0n) is 29.5. The van der Waals surface area contributed by atoms with Crippen LogP contribution in [0.5, 0.6) is 0 Å². The average molecular weight is 613 g/mol. The summed E-state index contributed by atoms with van der Waals surface area (Å²) < 4.78 is 0. The van der Waals surface area contributed by atoms with E-state index < -0.39 is 0 Å². The van der Waals surface area contributed by atoms with Crippen LogP contribution in [0.3, 0.4) is 0 Å². The van der Waals surface area contributed by atoms with E-state index in [0.29, 0.717) is 6.42 Å². The highest BCUT2D eigenvalue weighted by Gasteiger charge is 2.22. The maximum atomic E-state index is 12.8. The summed E-state index contributed by atoms with van der Waals surface area (Å²) in [5.74, 6) is 1.03. The molecule has 2 aliphatic heterocycles. The number of carbonyl (C=O) groups excluding carboxylic acids is 1. The van der Waals surface area contributed by atoms with Crippen LogP contribution in [0.15, 0.2) is 79.0 Å². The number of aryl methyl sites for hydroxylation is 3. The van der Waals surface area contributed by atoms with Crippen LogP contribution in [0.1, 0.15) is 88.5 Å². The summed E-state index contributed by atoms with van der Waals surface area (Å²) >= 11 is 0. The topological polar surface area (TPSA) is 51.4 Å². The largest absolute Gasteiger partial charge is 0.361 e. The molecule has 1 amide bonds. The lowest BCUT2D eigenvalue weighted by molar-refractivity contribution is -0.118. The molecule has 0 atom stereocenters. The molecule has 2 aliphatic rings. The number of hydrogen-bond donors (Lipinski definition) is 2. The molecule has 0 aliphatic carbocycles. The van der Waals surface area contributed by atoms with Gasteiger partial charge in [0.25, 0.3) is 0 Å². The molecule has 0 radical (unpaired) electrons. The predicted octanol–water partition coefficient (Wildman–Crippen LogP) is 9.16. The Kier molecular flexibility index (Phi) is 17.9. The lowest BCUT2D eigenvalue weighted by Crippen LogP contribution is -2.35. The van der Waals surface area contributed by atoms with Gasteiger partial charge in [-0.05, 0) is 107 Å². The van der Waals surface area contributed by atoms with Gasteiger partial charge in [-0.1, -0.05) is 101 Å². The van der Waals surface area contributed by atoms with E-state index in [1.54, 1.807) is 0 Å². The summed E-state index contributed by atoms with van der Waals surface area (Å²) in [6.45, 7) is 16.6. The third kappa shape index (κ3) is 12.1. The predicted molar refractivity (Wildman–Crippen MR) is 197 cm³/mol. The summed E-state index contributed by atoms with van der Waals surface area (Å²) in [6, 6.07) is 25.5. The van der Waals surface area contributed by atoms with E-state index in [0.717, 1.165) is 49.5 Å². The summed E-state index contributed by atoms with van der Waals surface area (Å²) in [7, 11) is 4.11. The fourth-order valence-corrected chi connectivity index (χ4v) is 5.58. The minimum atomic E-state index is 0.227. The van der Waals surface area contributed by atoms with Gasteiger partial charge in [0.1, 0.15) is 0 Å². The molecule has 1 aromatic heterocycles. The number of aromatic amines is 1. The molecule has 4 aromatic rings. The Morgan fingerprint density at radius 2 is 1.56 bits per heavy atom. The van der Waals surface area contributed by atoms with Crippen molar-refractivity contribution in [1.82, 2.24) is 15.2 Å². The molecule has 6 rings (SSSR count). The van der Waals surface area contributed by atoms with Crippen molar-refractivity contribution in [1.29, 1.82) is 0 Å². The lowest BCUT2D eigenvalue weighted by Gasteiger charge is -2.30. The van der Waals surface area contributed by atoms with Crippen LogP contribution in [0, 0.1) is 6.92 Å². The SMILES string of the molecule is CC.CC.CCN(C)C.Cc1ccc2c(c1)CCCN2C(=O)CCc1c[nH]c2ccccc12.c1ccc(C2CCNCC2)cc1. The van der Waals surface area contributed by atoms with Crippen LogP contribution in [-0.2, 0) is 17.6 Å². The van der Waals surface area contributed by atoms with Crippen LogP contribution in [0.4, 0.5) is 5.69 Å². The second kappa shape index (κ2) is 21.3. The highest BCUT2D eigenvalue weighted by Crippen LogP contribution is 2.29. The van der Waals surface area contributed by atoms with Crippen LogP contribution in [-0.4, -0.2) is 56.1 Å². The summed E-state index contributed by atoms with van der Waals surface area (Å²) in [5, 5.41) is 4.61. The third-order valence-corrected chi connectivity index (χ3v) is 8.18. The molecule has 0 unspecified atom stereocenters. The monoisotopic (exact) mass is 612 g/mol. The zero-order chi connectivity index (χ0) is 33.0. The first-order chi connectivity index (χ1) is 22.0. The number of anilines is 1. The van der Waals surface area contributed by atoms with Crippen LogP contribution in [0.25, 0.3) is 10.9 Å². The van der Waals surface area contributed by atoms with Gasteiger partial charge in [0.2, 0.25) is 5.91 Å². The van der Waals surface area contributed by atoms with Gasteiger partial charge in [-0.3, -0.25) is 4.79 Å². The maximum Gasteiger partial charge on any atom is 0.227 e. The molecular formula is C40H60N4O. The molecular weight excluding hydrogens is 552 g/mol. The Labute approximate surface area is 274 Å². The Hall–Kier alpha value is -3.41. The normalized spacial score (nSPS) is 13.9. The van der Waals surface area contributed by atoms with Crippen LogP contribution < -0.4 is 10.2 Å². The van der Waals surface area contributed by atoms with Gasteiger partial charge >= 0.3 is 0 Å². The number of benzene rings is 3. The van der Waals surface area contributed by atoms with Crippen LogP contribution >= 0.6 is 0 Å². The zero-order valence-corrected chi connectivity index (χ0v) is 29.5. The number of nitrogens with one attached hydrogen (secondary N) is 2.